The number of aromatic nitrogens is 2. The van der Waals surface area contributed by atoms with Gasteiger partial charge < -0.3 is 9.88 Å². The van der Waals surface area contributed by atoms with E-state index in [1.165, 1.54) is 6.07 Å². The molecule has 0 fully saturated rings. The van der Waals surface area contributed by atoms with Gasteiger partial charge in [0, 0.05) is 18.8 Å². The largest absolute Gasteiger partial charge is 0.340 e. The number of aryl methyl sites for hydroxylation is 1. The van der Waals surface area contributed by atoms with Gasteiger partial charge >= 0.3 is 0 Å². The van der Waals surface area contributed by atoms with Crippen LogP contribution in [0.5, 0.6) is 0 Å². The van der Waals surface area contributed by atoms with Crippen LogP contribution in [-0.2, 0) is 7.05 Å². The van der Waals surface area contributed by atoms with Crippen molar-refractivity contribution >= 4 is 0 Å². The number of halogens is 2. The van der Waals surface area contributed by atoms with Crippen molar-refractivity contribution in [3.8, 4) is 0 Å². The highest BCUT2D eigenvalue weighted by molar-refractivity contribution is 5.29. The van der Waals surface area contributed by atoms with Gasteiger partial charge in [0.2, 0.25) is 0 Å². The van der Waals surface area contributed by atoms with Crippen LogP contribution in [0, 0.1) is 11.6 Å². The molecule has 1 aromatic heterocycles. The van der Waals surface area contributed by atoms with Gasteiger partial charge in [-0.1, -0.05) is 6.92 Å². The summed E-state index contributed by atoms with van der Waals surface area (Å²) in [5.41, 5.74) is 0.965. The van der Waals surface area contributed by atoms with Crippen molar-refractivity contribution < 1.29 is 8.78 Å². The molecule has 0 bridgehead atoms. The Morgan fingerprint density at radius 2 is 2.16 bits per heavy atom. The zero-order valence-corrected chi connectivity index (χ0v) is 11.0. The molecule has 1 atom stereocenters. The summed E-state index contributed by atoms with van der Waals surface area (Å²) in [6.45, 7) is 2.72. The van der Waals surface area contributed by atoms with E-state index in [-0.39, 0.29) is 5.56 Å². The molecule has 0 saturated carbocycles. The van der Waals surface area contributed by atoms with Gasteiger partial charge in [-0.15, -0.1) is 0 Å². The maximum Gasteiger partial charge on any atom is 0.128 e. The van der Waals surface area contributed by atoms with Gasteiger partial charge in [-0.3, -0.25) is 0 Å². The van der Waals surface area contributed by atoms with Crippen LogP contribution >= 0.6 is 0 Å². The number of hydrogen-bond acceptors (Lipinski definition) is 2. The fraction of sp³-hybridized carbons (Fsp3) is 0.357. The van der Waals surface area contributed by atoms with Crippen LogP contribution < -0.4 is 5.32 Å². The molecule has 0 saturated heterocycles. The third kappa shape index (κ3) is 3.17. The van der Waals surface area contributed by atoms with Gasteiger partial charge in [0.1, 0.15) is 11.6 Å². The highest BCUT2D eigenvalue weighted by Gasteiger charge is 2.20. The second kappa shape index (κ2) is 5.93. The van der Waals surface area contributed by atoms with E-state index in [1.54, 1.807) is 17.1 Å². The molecule has 0 aliphatic carbocycles. The Kier molecular flexibility index (Phi) is 4.27. The standard InChI is InChI=1S/C14H17F2N3/c1-3-6-17-14(13-8-19(2)9-18-13)11-7-10(15)4-5-12(11)16/h4-5,7-9,14,17H,3,6H2,1-2H3. The minimum atomic E-state index is -0.448. The lowest BCUT2D eigenvalue weighted by Gasteiger charge is -2.17. The summed E-state index contributed by atoms with van der Waals surface area (Å²) in [6, 6.07) is 3.05. The molecule has 19 heavy (non-hydrogen) atoms. The lowest BCUT2D eigenvalue weighted by molar-refractivity contribution is 0.530. The Hall–Kier alpha value is -1.75. The van der Waals surface area contributed by atoms with Crippen molar-refractivity contribution in [2.24, 2.45) is 7.05 Å². The number of benzene rings is 1. The van der Waals surface area contributed by atoms with Crippen LogP contribution in [-0.4, -0.2) is 16.1 Å². The number of hydrogen-bond donors (Lipinski definition) is 1. The van der Waals surface area contributed by atoms with E-state index in [9.17, 15) is 8.78 Å². The maximum atomic E-state index is 13.9. The molecular weight excluding hydrogens is 248 g/mol. The molecule has 1 N–H and O–H groups in total. The minimum absolute atomic E-state index is 0.284. The maximum absolute atomic E-state index is 13.9. The van der Waals surface area contributed by atoms with Crippen LogP contribution in [0.15, 0.2) is 30.7 Å². The SMILES string of the molecule is CCCNC(c1cn(C)cn1)c1cc(F)ccc1F. The molecule has 2 aromatic rings. The third-order valence-corrected chi connectivity index (χ3v) is 2.89. The van der Waals surface area contributed by atoms with Crippen LogP contribution in [0.3, 0.4) is 0 Å². The topological polar surface area (TPSA) is 29.9 Å². The Morgan fingerprint density at radius 3 is 2.79 bits per heavy atom. The average molecular weight is 265 g/mol. The summed E-state index contributed by atoms with van der Waals surface area (Å²) < 4.78 is 29.0. The fourth-order valence-electron chi connectivity index (χ4n) is 1.98. The van der Waals surface area contributed by atoms with Crippen molar-refractivity contribution in [3.63, 3.8) is 0 Å². The second-order valence-corrected chi connectivity index (χ2v) is 4.52. The molecule has 0 aliphatic heterocycles. The number of rotatable bonds is 5. The third-order valence-electron chi connectivity index (χ3n) is 2.89. The molecule has 1 heterocycles. The normalized spacial score (nSPS) is 12.6. The molecule has 1 unspecified atom stereocenters. The molecule has 0 radical (unpaired) electrons. The first-order valence-corrected chi connectivity index (χ1v) is 6.28. The molecule has 0 spiro atoms. The predicted molar refractivity (Wildman–Crippen MR) is 69.7 cm³/mol. The van der Waals surface area contributed by atoms with Crippen molar-refractivity contribution in [1.29, 1.82) is 0 Å². The van der Waals surface area contributed by atoms with E-state index in [0.29, 0.717) is 12.2 Å². The highest BCUT2D eigenvalue weighted by Crippen LogP contribution is 2.24. The zero-order chi connectivity index (χ0) is 13.8. The van der Waals surface area contributed by atoms with Gasteiger partial charge in [0.05, 0.1) is 18.1 Å². The second-order valence-electron chi connectivity index (χ2n) is 4.52. The summed E-state index contributed by atoms with van der Waals surface area (Å²) in [6.07, 6.45) is 4.35. The molecule has 0 aliphatic rings. The predicted octanol–water partition coefficient (Wildman–Crippen LogP) is 2.79. The summed E-state index contributed by atoms with van der Waals surface area (Å²) >= 11 is 0. The zero-order valence-electron chi connectivity index (χ0n) is 11.0. The van der Waals surface area contributed by atoms with Gasteiger partial charge in [-0.2, -0.15) is 0 Å². The summed E-state index contributed by atoms with van der Waals surface area (Å²) in [7, 11) is 1.84. The Bertz CT molecular complexity index is 551. The van der Waals surface area contributed by atoms with E-state index in [1.807, 2.05) is 14.0 Å². The Morgan fingerprint density at radius 1 is 1.37 bits per heavy atom. The van der Waals surface area contributed by atoms with E-state index >= 15 is 0 Å². The van der Waals surface area contributed by atoms with Crippen LogP contribution in [0.1, 0.15) is 30.6 Å². The Balaban J connectivity index is 2.39. The van der Waals surface area contributed by atoms with Crippen molar-refractivity contribution in [2.45, 2.75) is 19.4 Å². The van der Waals surface area contributed by atoms with Crippen molar-refractivity contribution in [2.75, 3.05) is 6.54 Å². The van der Waals surface area contributed by atoms with Crippen LogP contribution in [0.25, 0.3) is 0 Å². The highest BCUT2D eigenvalue weighted by atomic mass is 19.1. The van der Waals surface area contributed by atoms with E-state index < -0.39 is 17.7 Å². The van der Waals surface area contributed by atoms with Gasteiger partial charge in [0.15, 0.2) is 0 Å². The van der Waals surface area contributed by atoms with E-state index in [2.05, 4.69) is 10.3 Å². The van der Waals surface area contributed by atoms with Gasteiger partial charge in [0.25, 0.3) is 0 Å². The average Bonchev–Trinajstić information content (AvgIpc) is 2.80. The summed E-state index contributed by atoms with van der Waals surface area (Å²) in [5, 5.41) is 3.20. The summed E-state index contributed by atoms with van der Waals surface area (Å²) in [5.74, 6) is -0.878. The minimum Gasteiger partial charge on any atom is -0.340 e. The lowest BCUT2D eigenvalue weighted by Crippen LogP contribution is -2.24. The van der Waals surface area contributed by atoms with Crippen molar-refractivity contribution in [1.82, 2.24) is 14.9 Å². The van der Waals surface area contributed by atoms with E-state index in [0.717, 1.165) is 18.6 Å². The smallest absolute Gasteiger partial charge is 0.128 e. The van der Waals surface area contributed by atoms with Gasteiger partial charge in [-0.05, 0) is 31.2 Å². The first kappa shape index (κ1) is 13.7. The first-order chi connectivity index (χ1) is 9.11. The van der Waals surface area contributed by atoms with Crippen LogP contribution in [0.4, 0.5) is 8.78 Å². The number of imidazole rings is 1. The Labute approximate surface area is 111 Å². The lowest BCUT2D eigenvalue weighted by atomic mass is 10.0. The monoisotopic (exact) mass is 265 g/mol. The molecule has 0 amide bonds. The van der Waals surface area contributed by atoms with E-state index in [4.69, 9.17) is 0 Å². The molecule has 2 rings (SSSR count). The molecule has 3 nitrogen and oxygen atoms in total. The van der Waals surface area contributed by atoms with Crippen molar-refractivity contribution in [3.05, 3.63) is 53.6 Å². The quantitative estimate of drug-likeness (QED) is 0.901. The van der Waals surface area contributed by atoms with Gasteiger partial charge in [-0.25, -0.2) is 13.8 Å². The fourth-order valence-corrected chi connectivity index (χ4v) is 1.98. The molecular formula is C14H17F2N3. The number of nitrogens with zero attached hydrogens (tertiary/aromatic N) is 2. The van der Waals surface area contributed by atoms with Crippen LogP contribution in [0.2, 0.25) is 0 Å². The first-order valence-electron chi connectivity index (χ1n) is 6.28. The molecule has 5 heteroatoms. The summed E-state index contributed by atoms with van der Waals surface area (Å²) in [4.78, 5) is 4.23. The molecule has 102 valence electrons. The number of nitrogens with one attached hydrogen (secondary N) is 1. The molecule has 1 aromatic carbocycles.